The van der Waals surface area contributed by atoms with Crippen LogP contribution in [0.25, 0.3) is 0 Å². The molecule has 1 fully saturated rings. The van der Waals surface area contributed by atoms with Gasteiger partial charge in [0.05, 0.1) is 0 Å². The van der Waals surface area contributed by atoms with E-state index in [-0.39, 0.29) is 11.8 Å². The topological polar surface area (TPSA) is 58.1 Å². The molecule has 0 aliphatic carbocycles. The third-order valence-corrected chi connectivity index (χ3v) is 3.53. The molecule has 0 bridgehead atoms. The highest BCUT2D eigenvalue weighted by molar-refractivity contribution is 5.78. The maximum Gasteiger partial charge on any atom is 0.225 e. The molecule has 0 radical (unpaired) electrons. The van der Waals surface area contributed by atoms with Crippen molar-refractivity contribution in [3.05, 3.63) is 18.5 Å². The first-order valence-corrected chi connectivity index (χ1v) is 7.11. The average Bonchev–Trinajstić information content (AvgIpc) is 2.48. The fraction of sp³-hybridized carbons (Fsp3) is 0.643. The first-order chi connectivity index (χ1) is 9.31. The number of nitrogens with one attached hydrogen (secondary N) is 1. The maximum atomic E-state index is 12.0. The second kappa shape index (κ2) is 7.07. The largest absolute Gasteiger partial charge is 0.356 e. The van der Waals surface area contributed by atoms with E-state index in [4.69, 9.17) is 0 Å². The number of hydrogen-bond acceptors (Lipinski definition) is 4. The molecule has 1 aromatic rings. The van der Waals surface area contributed by atoms with Gasteiger partial charge >= 0.3 is 0 Å². The van der Waals surface area contributed by atoms with Crippen LogP contribution in [0.15, 0.2) is 18.5 Å². The van der Waals surface area contributed by atoms with Crippen molar-refractivity contribution in [3.8, 4) is 0 Å². The van der Waals surface area contributed by atoms with Gasteiger partial charge in [0, 0.05) is 37.9 Å². The third kappa shape index (κ3) is 3.91. The molecule has 0 atom stereocenters. The summed E-state index contributed by atoms with van der Waals surface area (Å²) in [5.74, 6) is 1.13. The minimum absolute atomic E-state index is 0.150. The summed E-state index contributed by atoms with van der Waals surface area (Å²) in [5, 5.41) is 3.02. The Morgan fingerprint density at radius 3 is 2.68 bits per heavy atom. The Labute approximate surface area is 114 Å². The quantitative estimate of drug-likeness (QED) is 0.819. The zero-order valence-electron chi connectivity index (χ0n) is 11.5. The van der Waals surface area contributed by atoms with E-state index in [2.05, 4.69) is 27.1 Å². The van der Waals surface area contributed by atoms with Gasteiger partial charge in [-0.1, -0.05) is 13.3 Å². The van der Waals surface area contributed by atoms with E-state index in [0.29, 0.717) is 0 Å². The zero-order chi connectivity index (χ0) is 13.5. The van der Waals surface area contributed by atoms with E-state index in [0.717, 1.165) is 51.3 Å². The molecule has 0 aromatic carbocycles. The summed E-state index contributed by atoms with van der Waals surface area (Å²) in [6.45, 7) is 4.65. The van der Waals surface area contributed by atoms with E-state index in [1.54, 1.807) is 12.4 Å². The molecular weight excluding hydrogens is 240 g/mol. The van der Waals surface area contributed by atoms with Gasteiger partial charge in [0.15, 0.2) is 0 Å². The number of carbonyl (C=O) groups excluding carboxylic acids is 1. The Bertz CT molecular complexity index is 388. The first-order valence-electron chi connectivity index (χ1n) is 7.11. The fourth-order valence-electron chi connectivity index (χ4n) is 2.33. The number of aromatic nitrogens is 2. The van der Waals surface area contributed by atoms with Gasteiger partial charge in [0.2, 0.25) is 11.9 Å². The Hall–Kier alpha value is -1.65. The van der Waals surface area contributed by atoms with Crippen LogP contribution in [-0.2, 0) is 4.79 Å². The molecule has 5 heteroatoms. The third-order valence-electron chi connectivity index (χ3n) is 3.53. The Morgan fingerprint density at radius 1 is 1.37 bits per heavy atom. The van der Waals surface area contributed by atoms with Crippen LogP contribution in [0, 0.1) is 5.92 Å². The lowest BCUT2D eigenvalue weighted by Gasteiger charge is -2.31. The van der Waals surface area contributed by atoms with Crippen LogP contribution in [0.3, 0.4) is 0 Å². The molecule has 0 spiro atoms. The Kier molecular flexibility index (Phi) is 5.12. The number of anilines is 1. The lowest BCUT2D eigenvalue weighted by Crippen LogP contribution is -2.41. The lowest BCUT2D eigenvalue weighted by atomic mass is 9.96. The molecule has 2 heterocycles. The molecule has 1 aliphatic heterocycles. The number of unbranched alkanes of at least 4 members (excludes halogenated alkanes) is 1. The van der Waals surface area contributed by atoms with Gasteiger partial charge in [-0.05, 0) is 25.3 Å². The van der Waals surface area contributed by atoms with Gasteiger partial charge in [-0.2, -0.15) is 0 Å². The van der Waals surface area contributed by atoms with E-state index < -0.39 is 0 Å². The maximum absolute atomic E-state index is 12.0. The Morgan fingerprint density at radius 2 is 2.05 bits per heavy atom. The monoisotopic (exact) mass is 262 g/mol. The summed E-state index contributed by atoms with van der Waals surface area (Å²) >= 11 is 0. The van der Waals surface area contributed by atoms with Crippen molar-refractivity contribution in [3.63, 3.8) is 0 Å². The second-order valence-corrected chi connectivity index (χ2v) is 4.95. The summed E-state index contributed by atoms with van der Waals surface area (Å²) in [6, 6.07) is 1.82. The molecule has 1 amide bonds. The van der Waals surface area contributed by atoms with E-state index in [1.807, 2.05) is 6.07 Å². The van der Waals surface area contributed by atoms with Crippen LogP contribution >= 0.6 is 0 Å². The van der Waals surface area contributed by atoms with Crippen molar-refractivity contribution in [2.75, 3.05) is 24.5 Å². The molecule has 0 unspecified atom stereocenters. The van der Waals surface area contributed by atoms with Gasteiger partial charge in [-0.15, -0.1) is 0 Å². The summed E-state index contributed by atoms with van der Waals surface area (Å²) in [4.78, 5) is 22.6. The number of rotatable bonds is 5. The van der Waals surface area contributed by atoms with Crippen LogP contribution in [0.2, 0.25) is 0 Å². The predicted octanol–water partition coefficient (Wildman–Crippen LogP) is 1.61. The van der Waals surface area contributed by atoms with Gasteiger partial charge in [-0.3, -0.25) is 4.79 Å². The number of nitrogens with zero attached hydrogens (tertiary/aromatic N) is 3. The summed E-state index contributed by atoms with van der Waals surface area (Å²) < 4.78 is 0. The van der Waals surface area contributed by atoms with Gasteiger partial charge in [0.1, 0.15) is 0 Å². The van der Waals surface area contributed by atoms with Crippen LogP contribution in [-0.4, -0.2) is 35.5 Å². The van der Waals surface area contributed by atoms with Gasteiger partial charge in [0.25, 0.3) is 0 Å². The van der Waals surface area contributed by atoms with Crippen molar-refractivity contribution >= 4 is 11.9 Å². The minimum atomic E-state index is 0.150. The molecule has 1 aliphatic rings. The standard InChI is InChI=1S/C14H22N4O/c1-2-3-7-15-13(19)12-5-10-18(11-6-12)14-16-8-4-9-17-14/h4,8-9,12H,2-3,5-7,10-11H2,1H3,(H,15,19). The first kappa shape index (κ1) is 13.8. The fourth-order valence-corrected chi connectivity index (χ4v) is 2.33. The van der Waals surface area contributed by atoms with E-state index >= 15 is 0 Å². The van der Waals surface area contributed by atoms with Crippen LogP contribution in [0.5, 0.6) is 0 Å². The van der Waals surface area contributed by atoms with Crippen molar-refractivity contribution < 1.29 is 4.79 Å². The molecule has 104 valence electrons. The number of hydrogen-bond donors (Lipinski definition) is 1. The summed E-state index contributed by atoms with van der Waals surface area (Å²) in [5.41, 5.74) is 0. The van der Waals surface area contributed by atoms with Crippen LogP contribution in [0.4, 0.5) is 5.95 Å². The molecule has 19 heavy (non-hydrogen) atoms. The minimum Gasteiger partial charge on any atom is -0.356 e. The highest BCUT2D eigenvalue weighted by atomic mass is 16.1. The number of carbonyl (C=O) groups is 1. The van der Waals surface area contributed by atoms with Crippen LogP contribution in [0.1, 0.15) is 32.6 Å². The second-order valence-electron chi connectivity index (χ2n) is 4.95. The summed E-state index contributed by atoms with van der Waals surface area (Å²) in [7, 11) is 0. The predicted molar refractivity (Wildman–Crippen MR) is 74.9 cm³/mol. The smallest absolute Gasteiger partial charge is 0.225 e. The van der Waals surface area contributed by atoms with Crippen molar-refractivity contribution in [2.45, 2.75) is 32.6 Å². The van der Waals surface area contributed by atoms with Crippen LogP contribution < -0.4 is 10.2 Å². The summed E-state index contributed by atoms with van der Waals surface area (Å²) in [6.07, 6.45) is 7.46. The molecule has 1 saturated heterocycles. The number of amides is 1. The Balaban J connectivity index is 1.77. The highest BCUT2D eigenvalue weighted by Gasteiger charge is 2.25. The molecule has 5 nitrogen and oxygen atoms in total. The van der Waals surface area contributed by atoms with E-state index in [9.17, 15) is 4.79 Å². The molecule has 1 aromatic heterocycles. The van der Waals surface area contributed by atoms with Gasteiger partial charge in [-0.25, -0.2) is 9.97 Å². The highest BCUT2D eigenvalue weighted by Crippen LogP contribution is 2.20. The van der Waals surface area contributed by atoms with Crippen molar-refractivity contribution in [1.29, 1.82) is 0 Å². The van der Waals surface area contributed by atoms with E-state index in [1.165, 1.54) is 0 Å². The molecule has 2 rings (SSSR count). The zero-order valence-corrected chi connectivity index (χ0v) is 11.5. The lowest BCUT2D eigenvalue weighted by molar-refractivity contribution is -0.125. The number of piperidine rings is 1. The van der Waals surface area contributed by atoms with Gasteiger partial charge < -0.3 is 10.2 Å². The SMILES string of the molecule is CCCCNC(=O)C1CCN(c2ncccn2)CC1. The normalized spacial score (nSPS) is 16.4. The van der Waals surface area contributed by atoms with Crippen molar-refractivity contribution in [2.24, 2.45) is 5.92 Å². The molecule has 0 saturated carbocycles. The molecule has 1 N–H and O–H groups in total. The molecular formula is C14H22N4O. The van der Waals surface area contributed by atoms with Crippen molar-refractivity contribution in [1.82, 2.24) is 15.3 Å². The average molecular weight is 262 g/mol.